The van der Waals surface area contributed by atoms with E-state index in [2.05, 4.69) is 22.4 Å². The number of hydrogen-bond donors (Lipinski definition) is 1. The molecule has 0 atom stereocenters. The smallest absolute Gasteiger partial charge is 0.168 e. The van der Waals surface area contributed by atoms with Crippen molar-refractivity contribution in [2.45, 2.75) is 6.54 Å². The number of ether oxygens (including phenoxy) is 1. The van der Waals surface area contributed by atoms with E-state index in [0.29, 0.717) is 0 Å². The maximum atomic E-state index is 5.21. The molecule has 0 bridgehead atoms. The van der Waals surface area contributed by atoms with E-state index in [4.69, 9.17) is 4.74 Å². The van der Waals surface area contributed by atoms with Crippen LogP contribution in [0, 0.1) is 0 Å². The van der Waals surface area contributed by atoms with Crippen molar-refractivity contribution in [1.29, 1.82) is 0 Å². The highest BCUT2D eigenvalue weighted by Crippen LogP contribution is 2.20. The largest absolute Gasteiger partial charge is 0.493 e. The van der Waals surface area contributed by atoms with E-state index in [0.717, 1.165) is 18.1 Å². The molecule has 1 aromatic carbocycles. The highest BCUT2D eigenvalue weighted by molar-refractivity contribution is 5.49. The fourth-order valence-corrected chi connectivity index (χ4v) is 1.47. The van der Waals surface area contributed by atoms with Crippen molar-refractivity contribution in [1.82, 2.24) is 4.98 Å². The third kappa shape index (κ3) is 2.51. The minimum Gasteiger partial charge on any atom is -0.493 e. The fourth-order valence-electron chi connectivity index (χ4n) is 1.47. The molecule has 0 aliphatic carbocycles. The molecule has 2 rings (SSSR count). The summed E-state index contributed by atoms with van der Waals surface area (Å²) in [5.74, 6) is 1.53. The summed E-state index contributed by atoms with van der Waals surface area (Å²) in [6.07, 6.45) is 1.75. The van der Waals surface area contributed by atoms with E-state index in [-0.39, 0.29) is 0 Å². The number of nitrogens with zero attached hydrogens (tertiary/aromatic N) is 1. The highest BCUT2D eigenvalue weighted by atomic mass is 16.5. The van der Waals surface area contributed by atoms with E-state index in [1.165, 1.54) is 5.56 Å². The molecule has 0 aliphatic rings. The zero-order valence-corrected chi connectivity index (χ0v) is 9.18. The monoisotopic (exact) mass is 214 g/mol. The normalized spacial score (nSPS) is 9.81. The number of rotatable bonds is 4. The SMILES string of the molecule is COc1cccnc1NCc1ccccc1. The topological polar surface area (TPSA) is 34.1 Å². The first-order chi connectivity index (χ1) is 7.90. The third-order valence-electron chi connectivity index (χ3n) is 2.29. The number of hydrogen-bond acceptors (Lipinski definition) is 3. The molecule has 0 unspecified atom stereocenters. The predicted molar refractivity (Wildman–Crippen MR) is 64.6 cm³/mol. The van der Waals surface area contributed by atoms with Gasteiger partial charge in [0.05, 0.1) is 7.11 Å². The van der Waals surface area contributed by atoms with Gasteiger partial charge in [0.2, 0.25) is 0 Å². The fraction of sp³-hybridized carbons (Fsp3) is 0.154. The van der Waals surface area contributed by atoms with Gasteiger partial charge in [-0.25, -0.2) is 4.98 Å². The van der Waals surface area contributed by atoms with Crippen LogP contribution in [0.3, 0.4) is 0 Å². The lowest BCUT2D eigenvalue weighted by Gasteiger charge is -2.09. The average molecular weight is 214 g/mol. The van der Waals surface area contributed by atoms with E-state index in [9.17, 15) is 0 Å². The Labute approximate surface area is 95.1 Å². The quantitative estimate of drug-likeness (QED) is 0.849. The van der Waals surface area contributed by atoms with Gasteiger partial charge in [0.15, 0.2) is 11.6 Å². The molecule has 16 heavy (non-hydrogen) atoms. The first kappa shape index (κ1) is 10.5. The molecule has 0 saturated heterocycles. The molecule has 0 fully saturated rings. The summed E-state index contributed by atoms with van der Waals surface area (Å²) in [6.45, 7) is 0.744. The van der Waals surface area contributed by atoms with Gasteiger partial charge < -0.3 is 10.1 Å². The molecule has 0 amide bonds. The number of methoxy groups -OCH3 is 1. The van der Waals surface area contributed by atoms with E-state index < -0.39 is 0 Å². The van der Waals surface area contributed by atoms with Crippen LogP contribution in [-0.2, 0) is 6.54 Å². The minimum atomic E-state index is 0.744. The van der Waals surface area contributed by atoms with Crippen molar-refractivity contribution < 1.29 is 4.74 Å². The Morgan fingerprint density at radius 1 is 1.12 bits per heavy atom. The highest BCUT2D eigenvalue weighted by Gasteiger charge is 2.01. The summed E-state index contributed by atoms with van der Waals surface area (Å²) in [5.41, 5.74) is 1.22. The second-order valence-corrected chi connectivity index (χ2v) is 3.39. The van der Waals surface area contributed by atoms with Crippen LogP contribution in [0.2, 0.25) is 0 Å². The molecule has 1 aromatic heterocycles. The standard InChI is InChI=1S/C13H14N2O/c1-16-12-8-5-9-14-13(12)15-10-11-6-3-2-4-7-11/h2-9H,10H2,1H3,(H,14,15). The van der Waals surface area contributed by atoms with Crippen molar-refractivity contribution in [3.8, 4) is 5.75 Å². The molecule has 3 nitrogen and oxygen atoms in total. The summed E-state index contributed by atoms with van der Waals surface area (Å²) in [7, 11) is 1.64. The molecule has 0 spiro atoms. The maximum Gasteiger partial charge on any atom is 0.168 e. The predicted octanol–water partition coefficient (Wildman–Crippen LogP) is 2.70. The molecule has 3 heteroatoms. The Bertz CT molecular complexity index is 443. The first-order valence-corrected chi connectivity index (χ1v) is 5.17. The molecule has 0 saturated carbocycles. The second kappa shape index (κ2) is 5.16. The van der Waals surface area contributed by atoms with Crippen LogP contribution in [0.15, 0.2) is 48.7 Å². The Morgan fingerprint density at radius 3 is 2.69 bits per heavy atom. The van der Waals surface area contributed by atoms with E-state index in [1.807, 2.05) is 30.3 Å². The summed E-state index contributed by atoms with van der Waals surface area (Å²) in [4.78, 5) is 4.23. The van der Waals surface area contributed by atoms with Crippen LogP contribution < -0.4 is 10.1 Å². The minimum absolute atomic E-state index is 0.744. The molecule has 2 aromatic rings. The van der Waals surface area contributed by atoms with Crippen LogP contribution in [0.1, 0.15) is 5.56 Å². The number of benzene rings is 1. The van der Waals surface area contributed by atoms with Gasteiger partial charge in [-0.05, 0) is 17.7 Å². The lowest BCUT2D eigenvalue weighted by atomic mass is 10.2. The number of nitrogens with one attached hydrogen (secondary N) is 1. The van der Waals surface area contributed by atoms with Gasteiger partial charge in [-0.2, -0.15) is 0 Å². The van der Waals surface area contributed by atoms with Crippen molar-refractivity contribution in [3.63, 3.8) is 0 Å². The average Bonchev–Trinajstić information content (AvgIpc) is 2.38. The number of pyridine rings is 1. The summed E-state index contributed by atoms with van der Waals surface area (Å²) < 4.78 is 5.21. The molecule has 82 valence electrons. The lowest BCUT2D eigenvalue weighted by molar-refractivity contribution is 0.415. The zero-order chi connectivity index (χ0) is 11.2. The number of anilines is 1. The van der Waals surface area contributed by atoms with Gasteiger partial charge in [-0.3, -0.25) is 0 Å². The zero-order valence-electron chi connectivity index (χ0n) is 9.18. The summed E-state index contributed by atoms with van der Waals surface area (Å²) in [6, 6.07) is 13.9. The third-order valence-corrected chi connectivity index (χ3v) is 2.29. The Kier molecular flexibility index (Phi) is 3.38. The maximum absolute atomic E-state index is 5.21. The van der Waals surface area contributed by atoms with Crippen molar-refractivity contribution in [2.24, 2.45) is 0 Å². The van der Waals surface area contributed by atoms with Crippen molar-refractivity contribution in [2.75, 3.05) is 12.4 Å². The van der Waals surface area contributed by atoms with E-state index in [1.54, 1.807) is 13.3 Å². The van der Waals surface area contributed by atoms with Crippen molar-refractivity contribution >= 4 is 5.82 Å². The number of aromatic nitrogens is 1. The van der Waals surface area contributed by atoms with Crippen molar-refractivity contribution in [3.05, 3.63) is 54.2 Å². The van der Waals surface area contributed by atoms with Crippen LogP contribution in [0.25, 0.3) is 0 Å². The van der Waals surface area contributed by atoms with Crippen LogP contribution >= 0.6 is 0 Å². The Balaban J connectivity index is 2.05. The van der Waals surface area contributed by atoms with Gasteiger partial charge in [0.1, 0.15) is 0 Å². The van der Waals surface area contributed by atoms with Gasteiger partial charge in [0, 0.05) is 12.7 Å². The van der Waals surface area contributed by atoms with Crippen LogP contribution in [-0.4, -0.2) is 12.1 Å². The second-order valence-electron chi connectivity index (χ2n) is 3.39. The summed E-state index contributed by atoms with van der Waals surface area (Å²) in [5, 5.41) is 3.24. The van der Waals surface area contributed by atoms with Gasteiger partial charge in [-0.15, -0.1) is 0 Å². The first-order valence-electron chi connectivity index (χ1n) is 5.17. The summed E-state index contributed by atoms with van der Waals surface area (Å²) >= 11 is 0. The molecule has 0 aliphatic heterocycles. The van der Waals surface area contributed by atoms with Crippen LogP contribution in [0.4, 0.5) is 5.82 Å². The van der Waals surface area contributed by atoms with Gasteiger partial charge in [0.25, 0.3) is 0 Å². The van der Waals surface area contributed by atoms with E-state index >= 15 is 0 Å². The molecular weight excluding hydrogens is 200 g/mol. The molecule has 0 radical (unpaired) electrons. The molecule has 1 N–H and O–H groups in total. The molecule has 1 heterocycles. The molecular formula is C13H14N2O. The van der Waals surface area contributed by atoms with Crippen LogP contribution in [0.5, 0.6) is 5.75 Å². The van der Waals surface area contributed by atoms with Gasteiger partial charge in [-0.1, -0.05) is 30.3 Å². The van der Waals surface area contributed by atoms with Gasteiger partial charge >= 0.3 is 0 Å². The lowest BCUT2D eigenvalue weighted by Crippen LogP contribution is -2.02. The Morgan fingerprint density at radius 2 is 1.94 bits per heavy atom. The Hall–Kier alpha value is -2.03.